The van der Waals surface area contributed by atoms with Crippen molar-refractivity contribution in [2.45, 2.75) is 4.90 Å². The fraction of sp³-hybridized carbons (Fsp3) is 0. The van der Waals surface area contributed by atoms with Gasteiger partial charge in [0.2, 0.25) is 10.0 Å². The topological polar surface area (TPSA) is 97.5 Å². The summed E-state index contributed by atoms with van der Waals surface area (Å²) in [6, 6.07) is 0.698. The van der Waals surface area contributed by atoms with Crippen LogP contribution in [0.5, 0.6) is 0 Å². The van der Waals surface area contributed by atoms with E-state index < -0.39 is 38.1 Å². The summed E-state index contributed by atoms with van der Waals surface area (Å²) >= 11 is 0. The molecule has 82 valence electrons. The van der Waals surface area contributed by atoms with E-state index in [4.69, 9.17) is 5.11 Å². The van der Waals surface area contributed by atoms with Gasteiger partial charge in [-0.25, -0.2) is 27.1 Å². The standard InChI is InChI=1S/C7H5F2NO4S/c8-4-1-3(15(10,13)14)2-5(9)6(4)7(11)12/h1-2H,(H,11,12)(H2,10,13,14). The molecule has 0 fully saturated rings. The molecule has 0 aliphatic carbocycles. The van der Waals surface area contributed by atoms with Gasteiger partial charge < -0.3 is 5.11 Å². The number of carbonyl (C=O) groups is 1. The lowest BCUT2D eigenvalue weighted by Crippen LogP contribution is -2.14. The van der Waals surface area contributed by atoms with Crippen molar-refractivity contribution in [2.75, 3.05) is 0 Å². The lowest BCUT2D eigenvalue weighted by molar-refractivity contribution is 0.0686. The minimum absolute atomic E-state index is 0.349. The zero-order chi connectivity index (χ0) is 11.8. The number of hydrogen-bond acceptors (Lipinski definition) is 3. The van der Waals surface area contributed by atoms with E-state index in [1.807, 2.05) is 0 Å². The highest BCUT2D eigenvalue weighted by Gasteiger charge is 2.21. The van der Waals surface area contributed by atoms with Crippen molar-refractivity contribution < 1.29 is 27.1 Å². The Kier molecular flexibility index (Phi) is 2.73. The van der Waals surface area contributed by atoms with Crippen molar-refractivity contribution >= 4 is 16.0 Å². The summed E-state index contributed by atoms with van der Waals surface area (Å²) in [6.07, 6.45) is 0. The van der Waals surface area contributed by atoms with Crippen molar-refractivity contribution in [3.63, 3.8) is 0 Å². The summed E-state index contributed by atoms with van der Waals surface area (Å²) in [5, 5.41) is 13.0. The molecule has 0 saturated carbocycles. The number of carboxylic acids is 1. The highest BCUT2D eigenvalue weighted by atomic mass is 32.2. The normalized spacial score (nSPS) is 11.4. The number of rotatable bonds is 2. The van der Waals surface area contributed by atoms with Crippen LogP contribution < -0.4 is 5.14 Å². The smallest absolute Gasteiger partial charge is 0.341 e. The van der Waals surface area contributed by atoms with Gasteiger partial charge in [0.15, 0.2) is 0 Å². The molecule has 0 saturated heterocycles. The molecule has 1 rings (SSSR count). The van der Waals surface area contributed by atoms with Crippen molar-refractivity contribution in [1.29, 1.82) is 0 Å². The van der Waals surface area contributed by atoms with Crippen LogP contribution in [0.15, 0.2) is 17.0 Å². The van der Waals surface area contributed by atoms with E-state index in [0.717, 1.165) is 0 Å². The average Bonchev–Trinajstić information content (AvgIpc) is 1.99. The molecule has 3 N–H and O–H groups in total. The van der Waals surface area contributed by atoms with E-state index in [-0.39, 0.29) is 0 Å². The van der Waals surface area contributed by atoms with Crippen LogP contribution in [0.3, 0.4) is 0 Å². The van der Waals surface area contributed by atoms with Crippen molar-refractivity contribution in [1.82, 2.24) is 0 Å². The minimum Gasteiger partial charge on any atom is -0.477 e. The lowest BCUT2D eigenvalue weighted by atomic mass is 10.2. The molecule has 1 aromatic rings. The second-order valence-corrected chi connectivity index (χ2v) is 4.17. The summed E-state index contributed by atoms with van der Waals surface area (Å²) in [6.45, 7) is 0. The number of benzene rings is 1. The second kappa shape index (κ2) is 3.55. The molecule has 0 amide bonds. The van der Waals surface area contributed by atoms with Gasteiger partial charge in [0.1, 0.15) is 17.2 Å². The first kappa shape index (κ1) is 11.5. The Balaban J connectivity index is 3.52. The molecule has 0 aliphatic rings. The molecular formula is C7H5F2NO4S. The van der Waals surface area contributed by atoms with Gasteiger partial charge in [-0.3, -0.25) is 0 Å². The summed E-state index contributed by atoms with van der Waals surface area (Å²) in [4.78, 5) is 9.53. The maximum atomic E-state index is 13.0. The van der Waals surface area contributed by atoms with E-state index in [1.54, 1.807) is 0 Å². The second-order valence-electron chi connectivity index (χ2n) is 2.61. The van der Waals surface area contributed by atoms with Crippen LogP contribution in [0, 0.1) is 11.6 Å². The Morgan fingerprint density at radius 3 is 1.93 bits per heavy atom. The van der Waals surface area contributed by atoms with Crippen molar-refractivity contribution in [3.05, 3.63) is 29.3 Å². The van der Waals surface area contributed by atoms with E-state index in [9.17, 15) is 22.0 Å². The molecule has 15 heavy (non-hydrogen) atoms. The number of nitrogens with two attached hydrogens (primary N) is 1. The quantitative estimate of drug-likeness (QED) is 0.773. The van der Waals surface area contributed by atoms with E-state index in [1.165, 1.54) is 0 Å². The van der Waals surface area contributed by atoms with Gasteiger partial charge in [-0.05, 0) is 12.1 Å². The summed E-state index contributed by atoms with van der Waals surface area (Å²) in [5.41, 5.74) is -1.22. The van der Waals surface area contributed by atoms with Crippen molar-refractivity contribution in [2.24, 2.45) is 5.14 Å². The zero-order valence-corrected chi connectivity index (χ0v) is 7.88. The van der Waals surface area contributed by atoms with Gasteiger partial charge in [0.05, 0.1) is 4.90 Å². The number of sulfonamides is 1. The van der Waals surface area contributed by atoms with Gasteiger partial charge in [-0.15, -0.1) is 0 Å². The molecule has 8 heteroatoms. The summed E-state index contributed by atoms with van der Waals surface area (Å²) in [7, 11) is -4.26. The predicted octanol–water partition coefficient (Wildman–Crippen LogP) is 0.310. The number of hydrogen-bond donors (Lipinski definition) is 2. The Labute approximate surface area is 83.2 Å². The van der Waals surface area contributed by atoms with Crippen LogP contribution >= 0.6 is 0 Å². The van der Waals surface area contributed by atoms with E-state index >= 15 is 0 Å². The molecule has 0 bridgehead atoms. The number of primary sulfonamides is 1. The molecule has 0 radical (unpaired) electrons. The Bertz CT molecular complexity index is 503. The van der Waals surface area contributed by atoms with Crippen LogP contribution in [-0.2, 0) is 10.0 Å². The lowest BCUT2D eigenvalue weighted by Gasteiger charge is -2.02. The first-order valence-corrected chi connectivity index (χ1v) is 5.03. The molecular weight excluding hydrogens is 232 g/mol. The van der Waals surface area contributed by atoms with Gasteiger partial charge in [0, 0.05) is 0 Å². The minimum atomic E-state index is -4.26. The molecule has 0 atom stereocenters. The molecule has 0 unspecified atom stereocenters. The third-order valence-corrected chi connectivity index (χ3v) is 2.45. The third-order valence-electron chi connectivity index (χ3n) is 1.56. The molecule has 0 aromatic heterocycles. The Morgan fingerprint density at radius 1 is 1.27 bits per heavy atom. The van der Waals surface area contributed by atoms with Crippen LogP contribution in [0.1, 0.15) is 10.4 Å². The fourth-order valence-corrected chi connectivity index (χ4v) is 1.45. The molecule has 0 heterocycles. The zero-order valence-electron chi connectivity index (χ0n) is 7.07. The van der Waals surface area contributed by atoms with Gasteiger partial charge in [0.25, 0.3) is 0 Å². The fourth-order valence-electron chi connectivity index (χ4n) is 0.918. The maximum absolute atomic E-state index is 13.0. The monoisotopic (exact) mass is 237 g/mol. The number of carboxylic acid groups (broad SMARTS) is 1. The number of halogens is 2. The van der Waals surface area contributed by atoms with E-state index in [0.29, 0.717) is 12.1 Å². The average molecular weight is 237 g/mol. The highest BCUT2D eigenvalue weighted by Crippen LogP contribution is 2.17. The summed E-state index contributed by atoms with van der Waals surface area (Å²) in [5.74, 6) is -4.82. The van der Waals surface area contributed by atoms with Gasteiger partial charge in [-0.1, -0.05) is 0 Å². The number of aromatic carboxylic acids is 1. The van der Waals surface area contributed by atoms with Crippen LogP contribution in [0.2, 0.25) is 0 Å². The van der Waals surface area contributed by atoms with Crippen LogP contribution in [0.25, 0.3) is 0 Å². The summed E-state index contributed by atoms with van der Waals surface area (Å²) < 4.78 is 47.3. The SMILES string of the molecule is NS(=O)(=O)c1cc(F)c(C(=O)O)c(F)c1. The molecule has 0 aliphatic heterocycles. The Hall–Kier alpha value is -1.54. The predicted molar refractivity (Wildman–Crippen MR) is 44.7 cm³/mol. The van der Waals surface area contributed by atoms with Crippen LogP contribution in [0.4, 0.5) is 8.78 Å². The van der Waals surface area contributed by atoms with Gasteiger partial charge in [-0.2, -0.15) is 0 Å². The first-order valence-electron chi connectivity index (χ1n) is 3.48. The molecule has 5 nitrogen and oxygen atoms in total. The molecule has 1 aromatic carbocycles. The largest absolute Gasteiger partial charge is 0.477 e. The first-order chi connectivity index (χ1) is 6.73. The highest BCUT2D eigenvalue weighted by molar-refractivity contribution is 7.89. The molecule has 0 spiro atoms. The van der Waals surface area contributed by atoms with Crippen LogP contribution in [-0.4, -0.2) is 19.5 Å². The maximum Gasteiger partial charge on any atom is 0.341 e. The third kappa shape index (κ3) is 2.28. The van der Waals surface area contributed by atoms with Gasteiger partial charge >= 0.3 is 5.97 Å². The van der Waals surface area contributed by atoms with Crippen molar-refractivity contribution in [3.8, 4) is 0 Å². The Morgan fingerprint density at radius 2 is 1.67 bits per heavy atom. The van der Waals surface area contributed by atoms with E-state index in [2.05, 4.69) is 5.14 Å².